The van der Waals surface area contributed by atoms with Gasteiger partial charge in [-0.3, -0.25) is 0 Å². The average Bonchev–Trinajstić information content (AvgIpc) is 2.53. The summed E-state index contributed by atoms with van der Waals surface area (Å²) in [6.45, 7) is 1.76. The molecule has 0 saturated carbocycles. The number of thioether (sulfide) groups is 1. The number of halogens is 3. The van der Waals surface area contributed by atoms with Crippen LogP contribution in [0.2, 0.25) is 0 Å². The molecule has 1 aliphatic heterocycles. The number of amides is 2. The van der Waals surface area contributed by atoms with Crippen molar-refractivity contribution in [3.8, 4) is 5.75 Å². The van der Waals surface area contributed by atoms with Gasteiger partial charge < -0.3 is 20.1 Å². The van der Waals surface area contributed by atoms with Crippen molar-refractivity contribution in [2.75, 3.05) is 18.6 Å². The summed E-state index contributed by atoms with van der Waals surface area (Å²) in [6.07, 6.45) is -2.93. The quantitative estimate of drug-likeness (QED) is 0.577. The molecule has 0 saturated heterocycles. The number of rotatable bonds is 6. The number of nitrogens with one attached hydrogen (secondary N) is 2. The fourth-order valence-electron chi connectivity index (χ4n) is 2.37. The normalized spacial score (nSPS) is 17.4. The molecule has 0 unspecified atom stereocenters. The Morgan fingerprint density at radius 2 is 1.92 bits per heavy atom. The number of ether oxygens (including phenoxy) is 2. The number of allylic oxidation sites excluding steroid dienone is 1. The van der Waals surface area contributed by atoms with Gasteiger partial charge in [0.05, 0.1) is 11.6 Å². The number of hydrogen-bond acceptors (Lipinski definition) is 5. The van der Waals surface area contributed by atoms with Crippen molar-refractivity contribution in [2.24, 2.45) is 0 Å². The average molecular weight is 390 g/mol. The minimum atomic E-state index is -4.80. The highest BCUT2D eigenvalue weighted by molar-refractivity contribution is 7.98. The highest BCUT2D eigenvalue weighted by Crippen LogP contribution is 2.30. The highest BCUT2D eigenvalue weighted by atomic mass is 32.2. The van der Waals surface area contributed by atoms with Crippen LogP contribution >= 0.6 is 11.8 Å². The van der Waals surface area contributed by atoms with Crippen molar-refractivity contribution < 1.29 is 32.2 Å². The van der Waals surface area contributed by atoms with E-state index in [-0.39, 0.29) is 12.2 Å². The maximum atomic E-state index is 12.4. The molecule has 1 heterocycles. The van der Waals surface area contributed by atoms with Gasteiger partial charge in [0.2, 0.25) is 0 Å². The number of hydrogen-bond donors (Lipinski definition) is 2. The lowest BCUT2D eigenvalue weighted by molar-refractivity contribution is -0.274. The summed E-state index contributed by atoms with van der Waals surface area (Å²) in [5.41, 5.74) is 0.934. The molecule has 6 nitrogen and oxygen atoms in total. The molecule has 0 radical (unpaired) electrons. The van der Waals surface area contributed by atoms with Gasteiger partial charge in [-0.15, -0.1) is 13.2 Å². The van der Waals surface area contributed by atoms with Gasteiger partial charge in [0, 0.05) is 11.4 Å². The maximum absolute atomic E-state index is 12.4. The predicted molar refractivity (Wildman–Crippen MR) is 89.6 cm³/mol. The number of esters is 1. The van der Waals surface area contributed by atoms with Gasteiger partial charge in [-0.1, -0.05) is 12.1 Å². The summed E-state index contributed by atoms with van der Waals surface area (Å²) in [7, 11) is 0. The second kappa shape index (κ2) is 8.35. The van der Waals surface area contributed by atoms with Gasteiger partial charge in [0.25, 0.3) is 0 Å². The molecule has 0 fully saturated rings. The van der Waals surface area contributed by atoms with Crippen LogP contribution < -0.4 is 15.4 Å². The Morgan fingerprint density at radius 1 is 1.27 bits per heavy atom. The van der Waals surface area contributed by atoms with Crippen LogP contribution in [0.1, 0.15) is 18.5 Å². The lowest BCUT2D eigenvalue weighted by Crippen LogP contribution is -2.45. The Hall–Kier alpha value is -2.36. The number of carbonyl (C=O) groups excluding carboxylic acids is 2. The molecule has 0 bridgehead atoms. The lowest BCUT2D eigenvalue weighted by Gasteiger charge is -2.28. The van der Waals surface area contributed by atoms with Gasteiger partial charge in [-0.2, -0.15) is 11.8 Å². The fourth-order valence-corrected chi connectivity index (χ4v) is 2.62. The van der Waals surface area contributed by atoms with Gasteiger partial charge >= 0.3 is 18.4 Å². The smallest absolute Gasteiger partial charge is 0.461 e. The summed E-state index contributed by atoms with van der Waals surface area (Å²) in [4.78, 5) is 24.1. The number of benzene rings is 1. The predicted octanol–water partition coefficient (Wildman–Crippen LogP) is 3.12. The number of alkyl halides is 3. The second-order valence-electron chi connectivity index (χ2n) is 5.32. The first-order valence-corrected chi connectivity index (χ1v) is 8.90. The van der Waals surface area contributed by atoms with E-state index in [1.807, 2.05) is 6.26 Å². The largest absolute Gasteiger partial charge is 0.573 e. The van der Waals surface area contributed by atoms with Crippen molar-refractivity contribution >= 4 is 23.8 Å². The minimum Gasteiger partial charge on any atom is -0.461 e. The molecule has 10 heteroatoms. The van der Waals surface area contributed by atoms with Crippen LogP contribution in [-0.4, -0.2) is 37.0 Å². The van der Waals surface area contributed by atoms with Crippen LogP contribution in [0.15, 0.2) is 35.5 Å². The van der Waals surface area contributed by atoms with Gasteiger partial charge in [-0.25, -0.2) is 9.59 Å². The van der Waals surface area contributed by atoms with Crippen LogP contribution in [0.25, 0.3) is 0 Å². The zero-order valence-corrected chi connectivity index (χ0v) is 14.8. The van der Waals surface area contributed by atoms with Crippen molar-refractivity contribution in [1.29, 1.82) is 0 Å². The van der Waals surface area contributed by atoms with Crippen molar-refractivity contribution in [3.05, 3.63) is 41.1 Å². The van der Waals surface area contributed by atoms with Crippen LogP contribution in [0, 0.1) is 0 Å². The van der Waals surface area contributed by atoms with Crippen molar-refractivity contribution in [3.63, 3.8) is 0 Å². The molecular weight excluding hydrogens is 373 g/mol. The van der Waals surface area contributed by atoms with Crippen LogP contribution in [0.5, 0.6) is 5.75 Å². The molecule has 0 aromatic heterocycles. The first-order valence-electron chi connectivity index (χ1n) is 7.51. The third kappa shape index (κ3) is 5.32. The Bertz CT molecular complexity index is 704. The summed E-state index contributed by atoms with van der Waals surface area (Å²) in [6, 6.07) is 3.56. The van der Waals surface area contributed by atoms with Gasteiger partial charge in [0.15, 0.2) is 0 Å². The first kappa shape index (κ1) is 20.0. The Balaban J connectivity index is 2.25. The zero-order chi connectivity index (χ0) is 19.3. The van der Waals surface area contributed by atoms with Crippen molar-refractivity contribution in [1.82, 2.24) is 10.6 Å². The molecule has 1 atom stereocenters. The molecule has 0 spiro atoms. The van der Waals surface area contributed by atoms with E-state index < -0.39 is 30.2 Å². The molecule has 142 valence electrons. The Morgan fingerprint density at radius 3 is 2.50 bits per heavy atom. The maximum Gasteiger partial charge on any atom is 0.573 e. The molecule has 2 N–H and O–H groups in total. The Labute approximate surface area is 152 Å². The van der Waals surface area contributed by atoms with E-state index in [1.165, 1.54) is 23.9 Å². The molecular formula is C16H17F3N2O4S. The van der Waals surface area contributed by atoms with E-state index in [9.17, 15) is 22.8 Å². The van der Waals surface area contributed by atoms with Gasteiger partial charge in [0.1, 0.15) is 12.4 Å². The standard InChI is InChI=1S/C16H17F3N2O4S/c1-9-12(14(22)24-7-8-26-2)13(21-15(23)20-9)10-3-5-11(6-4-10)25-16(17,18)19/h3-6,13H,7-8H2,1-2H3,(H2,20,21,23)/t13-/m0/s1. The molecule has 0 aliphatic carbocycles. The molecule has 2 amide bonds. The van der Waals surface area contributed by atoms with Crippen LogP contribution in [-0.2, 0) is 9.53 Å². The van der Waals surface area contributed by atoms with E-state index in [4.69, 9.17) is 4.74 Å². The van der Waals surface area contributed by atoms with E-state index in [1.54, 1.807) is 6.92 Å². The highest BCUT2D eigenvalue weighted by Gasteiger charge is 2.33. The molecule has 2 rings (SSSR count). The fraction of sp³-hybridized carbons (Fsp3) is 0.375. The molecule has 1 aromatic rings. The molecule has 1 aromatic carbocycles. The first-order chi connectivity index (χ1) is 12.2. The minimum absolute atomic E-state index is 0.190. The topological polar surface area (TPSA) is 76.7 Å². The van der Waals surface area contributed by atoms with Crippen molar-refractivity contribution in [2.45, 2.75) is 19.3 Å². The van der Waals surface area contributed by atoms with E-state index in [0.717, 1.165) is 12.1 Å². The zero-order valence-electron chi connectivity index (χ0n) is 14.0. The third-order valence-electron chi connectivity index (χ3n) is 3.46. The monoisotopic (exact) mass is 390 g/mol. The summed E-state index contributed by atoms with van der Waals surface area (Å²) < 4.78 is 45.8. The lowest BCUT2D eigenvalue weighted by atomic mass is 9.95. The summed E-state index contributed by atoms with van der Waals surface area (Å²) in [5, 5.41) is 5.07. The third-order valence-corrected chi connectivity index (χ3v) is 4.03. The van der Waals surface area contributed by atoms with Crippen LogP contribution in [0.4, 0.5) is 18.0 Å². The SMILES string of the molecule is CSCCOC(=O)C1=C(C)NC(=O)N[C@H]1c1ccc(OC(F)(F)F)cc1. The molecule has 26 heavy (non-hydrogen) atoms. The second-order valence-corrected chi connectivity index (χ2v) is 6.30. The van der Waals surface area contributed by atoms with E-state index in [0.29, 0.717) is 17.0 Å². The number of carbonyl (C=O) groups is 2. The number of urea groups is 1. The van der Waals surface area contributed by atoms with Gasteiger partial charge in [-0.05, 0) is 30.9 Å². The van der Waals surface area contributed by atoms with E-state index in [2.05, 4.69) is 15.4 Å². The summed E-state index contributed by atoms with van der Waals surface area (Å²) in [5.74, 6) is -0.387. The molecule has 1 aliphatic rings. The van der Waals surface area contributed by atoms with E-state index >= 15 is 0 Å². The van der Waals surface area contributed by atoms with Crippen LogP contribution in [0.3, 0.4) is 0 Å². The Kier molecular flexibility index (Phi) is 6.41. The summed E-state index contributed by atoms with van der Waals surface area (Å²) >= 11 is 1.51.